The van der Waals surface area contributed by atoms with Gasteiger partial charge in [0.1, 0.15) is 17.6 Å². The molecule has 3 amide bonds. The molecule has 0 saturated heterocycles. The summed E-state index contributed by atoms with van der Waals surface area (Å²) in [4.78, 5) is 39.9. The molecule has 176 valence electrons. The number of fused-ring (bicyclic) bond motifs is 1. The standard InChI is InChI=1S/C25H26FN5O3/c1-17(23(32)27-15-18-8-10-20(26)11-9-18)28-24(33)21-14-22-25(34)30(12-5-13-31(22)29-21)16-19-6-3-2-4-7-19/h2-4,6-11,14,17H,5,12-13,15-16H2,1H3,(H,27,32)(H,28,33). The Labute approximate surface area is 196 Å². The molecule has 0 bridgehead atoms. The van der Waals surface area contributed by atoms with Crippen molar-refractivity contribution in [2.24, 2.45) is 0 Å². The molecule has 0 radical (unpaired) electrons. The molecule has 1 aromatic heterocycles. The molecule has 4 rings (SSSR count). The Kier molecular flexibility index (Phi) is 7.01. The van der Waals surface area contributed by atoms with Crippen molar-refractivity contribution in [2.45, 2.75) is 39.0 Å². The quantitative estimate of drug-likeness (QED) is 0.563. The van der Waals surface area contributed by atoms with Crippen LogP contribution < -0.4 is 10.6 Å². The summed E-state index contributed by atoms with van der Waals surface area (Å²) in [6.07, 6.45) is 0.719. The van der Waals surface area contributed by atoms with Crippen LogP contribution in [0.1, 0.15) is 45.4 Å². The van der Waals surface area contributed by atoms with Crippen LogP contribution in [0.15, 0.2) is 60.7 Å². The van der Waals surface area contributed by atoms with Crippen molar-refractivity contribution in [1.82, 2.24) is 25.3 Å². The van der Waals surface area contributed by atoms with Gasteiger partial charge in [0.15, 0.2) is 5.69 Å². The predicted octanol–water partition coefficient (Wildman–Crippen LogP) is 2.50. The van der Waals surface area contributed by atoms with Crippen molar-refractivity contribution < 1.29 is 18.8 Å². The molecule has 9 heteroatoms. The fourth-order valence-corrected chi connectivity index (χ4v) is 3.78. The first-order chi connectivity index (χ1) is 16.4. The maximum absolute atomic E-state index is 13.1. The highest BCUT2D eigenvalue weighted by molar-refractivity contribution is 5.99. The lowest BCUT2D eigenvalue weighted by Gasteiger charge is -2.20. The second-order valence-electron chi connectivity index (χ2n) is 8.24. The Morgan fingerprint density at radius 2 is 1.79 bits per heavy atom. The molecule has 3 aromatic rings. The topological polar surface area (TPSA) is 96.3 Å². The number of hydrogen-bond acceptors (Lipinski definition) is 4. The van der Waals surface area contributed by atoms with E-state index in [1.54, 1.807) is 28.6 Å². The normalized spacial score (nSPS) is 14.2. The summed E-state index contributed by atoms with van der Waals surface area (Å²) in [5.74, 6) is -1.45. The third-order valence-electron chi connectivity index (χ3n) is 5.65. The molecule has 34 heavy (non-hydrogen) atoms. The zero-order valence-electron chi connectivity index (χ0n) is 18.8. The van der Waals surface area contributed by atoms with Crippen LogP contribution in [0, 0.1) is 5.82 Å². The fourth-order valence-electron chi connectivity index (χ4n) is 3.78. The number of aryl methyl sites for hydroxylation is 1. The summed E-state index contributed by atoms with van der Waals surface area (Å²) >= 11 is 0. The van der Waals surface area contributed by atoms with Gasteiger partial charge in [-0.25, -0.2) is 4.39 Å². The zero-order valence-corrected chi connectivity index (χ0v) is 18.8. The van der Waals surface area contributed by atoms with Crippen molar-refractivity contribution in [1.29, 1.82) is 0 Å². The van der Waals surface area contributed by atoms with Crippen molar-refractivity contribution >= 4 is 17.7 Å². The smallest absolute Gasteiger partial charge is 0.272 e. The van der Waals surface area contributed by atoms with Crippen LogP contribution in [0.5, 0.6) is 0 Å². The monoisotopic (exact) mass is 463 g/mol. The van der Waals surface area contributed by atoms with Crippen LogP contribution in [0.2, 0.25) is 0 Å². The van der Waals surface area contributed by atoms with E-state index < -0.39 is 11.9 Å². The molecule has 0 fully saturated rings. The first-order valence-electron chi connectivity index (χ1n) is 11.1. The van der Waals surface area contributed by atoms with Crippen molar-refractivity contribution in [2.75, 3.05) is 6.54 Å². The minimum absolute atomic E-state index is 0.0862. The summed E-state index contributed by atoms with van der Waals surface area (Å²) in [5, 5.41) is 9.63. The van der Waals surface area contributed by atoms with E-state index >= 15 is 0 Å². The fraction of sp³-hybridized carbons (Fsp3) is 0.280. The van der Waals surface area contributed by atoms with Crippen LogP contribution in [-0.4, -0.2) is 45.0 Å². The Morgan fingerprint density at radius 3 is 2.53 bits per heavy atom. The van der Waals surface area contributed by atoms with Gasteiger partial charge in [-0.2, -0.15) is 5.10 Å². The summed E-state index contributed by atoms with van der Waals surface area (Å²) in [7, 11) is 0. The number of aromatic nitrogens is 2. The second-order valence-corrected chi connectivity index (χ2v) is 8.24. The van der Waals surface area contributed by atoms with Gasteiger partial charge < -0.3 is 15.5 Å². The summed E-state index contributed by atoms with van der Waals surface area (Å²) in [6, 6.07) is 16.2. The summed E-state index contributed by atoms with van der Waals surface area (Å²) < 4.78 is 14.6. The molecule has 1 atom stereocenters. The lowest BCUT2D eigenvalue weighted by molar-refractivity contribution is -0.122. The number of halogens is 1. The SMILES string of the molecule is CC(NC(=O)c1cc2n(n1)CCCN(Cc1ccccc1)C2=O)C(=O)NCc1ccc(F)cc1. The minimum atomic E-state index is -0.820. The van der Waals surface area contributed by atoms with E-state index in [1.165, 1.54) is 18.2 Å². The Bertz CT molecular complexity index is 1180. The molecular formula is C25H26FN5O3. The number of carbonyl (C=O) groups is 3. The number of carbonyl (C=O) groups excluding carboxylic acids is 3. The van der Waals surface area contributed by atoms with Crippen LogP contribution >= 0.6 is 0 Å². The van der Waals surface area contributed by atoms with E-state index in [9.17, 15) is 18.8 Å². The van der Waals surface area contributed by atoms with Gasteiger partial charge in [0.25, 0.3) is 11.8 Å². The van der Waals surface area contributed by atoms with Crippen molar-refractivity contribution in [3.05, 3.63) is 89.0 Å². The highest BCUT2D eigenvalue weighted by atomic mass is 19.1. The van der Waals surface area contributed by atoms with E-state index in [0.717, 1.165) is 17.5 Å². The first-order valence-corrected chi connectivity index (χ1v) is 11.1. The number of nitrogens with one attached hydrogen (secondary N) is 2. The molecule has 2 heterocycles. The van der Waals surface area contributed by atoms with Gasteiger partial charge in [-0.15, -0.1) is 0 Å². The highest BCUT2D eigenvalue weighted by Gasteiger charge is 2.27. The number of amides is 3. The minimum Gasteiger partial charge on any atom is -0.350 e. The molecule has 2 aromatic carbocycles. The van der Waals surface area contributed by atoms with Gasteiger partial charge in [0.05, 0.1) is 0 Å². The van der Waals surface area contributed by atoms with Gasteiger partial charge >= 0.3 is 0 Å². The Hall–Kier alpha value is -4.01. The van der Waals surface area contributed by atoms with Gasteiger partial charge in [0, 0.05) is 32.2 Å². The molecule has 2 N–H and O–H groups in total. The maximum atomic E-state index is 13.1. The van der Waals surface area contributed by atoms with Crippen molar-refractivity contribution in [3.63, 3.8) is 0 Å². The van der Waals surface area contributed by atoms with Gasteiger partial charge in [-0.3, -0.25) is 19.1 Å². The highest BCUT2D eigenvalue weighted by Crippen LogP contribution is 2.17. The van der Waals surface area contributed by atoms with Crippen molar-refractivity contribution in [3.8, 4) is 0 Å². The largest absolute Gasteiger partial charge is 0.350 e. The van der Waals surface area contributed by atoms with Crippen LogP contribution in [0.4, 0.5) is 4.39 Å². The molecule has 1 unspecified atom stereocenters. The molecule has 0 saturated carbocycles. The van der Waals surface area contributed by atoms with E-state index in [-0.39, 0.29) is 29.9 Å². The van der Waals surface area contributed by atoms with Crippen LogP contribution in [0.25, 0.3) is 0 Å². The Morgan fingerprint density at radius 1 is 1.06 bits per heavy atom. The Balaban J connectivity index is 1.37. The molecule has 0 aliphatic carbocycles. The van der Waals surface area contributed by atoms with E-state index in [0.29, 0.717) is 25.3 Å². The number of rotatable bonds is 7. The molecule has 0 spiro atoms. The van der Waals surface area contributed by atoms with Crippen LogP contribution in [-0.2, 0) is 24.4 Å². The zero-order chi connectivity index (χ0) is 24.1. The lowest BCUT2D eigenvalue weighted by atomic mass is 10.2. The first kappa shape index (κ1) is 23.2. The summed E-state index contributed by atoms with van der Waals surface area (Å²) in [5.41, 5.74) is 2.21. The summed E-state index contributed by atoms with van der Waals surface area (Å²) in [6.45, 7) is 3.38. The van der Waals surface area contributed by atoms with Gasteiger partial charge in [0.2, 0.25) is 5.91 Å². The number of nitrogens with zero attached hydrogens (tertiary/aromatic N) is 3. The third kappa shape index (κ3) is 5.48. The second kappa shape index (κ2) is 10.3. The van der Waals surface area contributed by atoms with E-state index in [2.05, 4.69) is 15.7 Å². The number of benzene rings is 2. The lowest BCUT2D eigenvalue weighted by Crippen LogP contribution is -2.44. The van der Waals surface area contributed by atoms with Gasteiger partial charge in [-0.1, -0.05) is 42.5 Å². The van der Waals surface area contributed by atoms with E-state index in [4.69, 9.17) is 0 Å². The number of hydrogen-bond donors (Lipinski definition) is 2. The maximum Gasteiger partial charge on any atom is 0.272 e. The van der Waals surface area contributed by atoms with Crippen LogP contribution in [0.3, 0.4) is 0 Å². The molecule has 1 aliphatic rings. The molecule has 1 aliphatic heterocycles. The molecule has 8 nitrogen and oxygen atoms in total. The van der Waals surface area contributed by atoms with Gasteiger partial charge in [-0.05, 0) is 36.6 Å². The molecular weight excluding hydrogens is 437 g/mol. The van der Waals surface area contributed by atoms with E-state index in [1.807, 2.05) is 30.3 Å². The third-order valence-corrected chi connectivity index (χ3v) is 5.65. The average Bonchev–Trinajstić information content (AvgIpc) is 3.21. The average molecular weight is 464 g/mol. The predicted molar refractivity (Wildman–Crippen MR) is 123 cm³/mol.